The van der Waals surface area contributed by atoms with Gasteiger partial charge in [-0.1, -0.05) is 24.2 Å². The van der Waals surface area contributed by atoms with Gasteiger partial charge in [0.25, 0.3) is 11.6 Å². The van der Waals surface area contributed by atoms with Gasteiger partial charge >= 0.3 is 6.18 Å². The molecule has 4 heterocycles. The quantitative estimate of drug-likeness (QED) is 0.609. The van der Waals surface area contributed by atoms with Crippen LogP contribution in [0.15, 0.2) is 21.2 Å². The lowest BCUT2D eigenvalue weighted by Gasteiger charge is -2.31. The number of amides is 1. The minimum absolute atomic E-state index is 0.106. The number of pyridine rings is 1. The second-order valence-corrected chi connectivity index (χ2v) is 7.88. The second kappa shape index (κ2) is 7.41. The van der Waals surface area contributed by atoms with E-state index in [1.165, 1.54) is 6.92 Å². The maximum Gasteiger partial charge on any atom is 0.417 e. The summed E-state index contributed by atoms with van der Waals surface area (Å²) < 4.78 is 50.9. The number of likely N-dealkylation sites (tertiary alicyclic amines) is 1. The second-order valence-electron chi connectivity index (χ2n) is 7.88. The highest BCUT2D eigenvalue weighted by Gasteiger charge is 2.37. The molecule has 1 amide bonds. The van der Waals surface area contributed by atoms with Gasteiger partial charge in [-0.25, -0.2) is 4.98 Å². The predicted octanol–water partition coefficient (Wildman–Crippen LogP) is 4.68. The third kappa shape index (κ3) is 3.66. The van der Waals surface area contributed by atoms with Gasteiger partial charge in [-0.15, -0.1) is 0 Å². The van der Waals surface area contributed by atoms with Gasteiger partial charge in [0.2, 0.25) is 5.76 Å². The Balaban J connectivity index is 1.52. The molecule has 3 aromatic rings. The van der Waals surface area contributed by atoms with Crippen LogP contribution in [0.3, 0.4) is 0 Å². The Labute approximate surface area is 170 Å². The van der Waals surface area contributed by atoms with Crippen molar-refractivity contribution in [1.82, 2.24) is 20.2 Å². The van der Waals surface area contributed by atoms with E-state index in [2.05, 4.69) is 15.3 Å². The molecular formula is C20H21F3N4O3. The van der Waals surface area contributed by atoms with Gasteiger partial charge in [0.1, 0.15) is 0 Å². The van der Waals surface area contributed by atoms with Crippen molar-refractivity contribution < 1.29 is 27.0 Å². The van der Waals surface area contributed by atoms with Gasteiger partial charge in [0.05, 0.1) is 22.3 Å². The van der Waals surface area contributed by atoms with Crippen LogP contribution in [0, 0.1) is 6.92 Å². The Morgan fingerprint density at radius 2 is 1.87 bits per heavy atom. The number of carbonyl (C=O) groups excluding carboxylic acids is 1. The smallest absolute Gasteiger partial charge is 0.351 e. The van der Waals surface area contributed by atoms with Gasteiger partial charge in [-0.05, 0) is 31.7 Å². The van der Waals surface area contributed by atoms with Crippen molar-refractivity contribution in [3.8, 4) is 0 Å². The fourth-order valence-electron chi connectivity index (χ4n) is 3.74. The number of carbonyl (C=O) groups is 1. The van der Waals surface area contributed by atoms with Crippen LogP contribution in [0.1, 0.15) is 71.7 Å². The maximum atomic E-state index is 13.6. The van der Waals surface area contributed by atoms with Crippen molar-refractivity contribution >= 4 is 17.0 Å². The van der Waals surface area contributed by atoms with Crippen LogP contribution >= 0.6 is 0 Å². The van der Waals surface area contributed by atoms with E-state index in [4.69, 9.17) is 9.05 Å². The van der Waals surface area contributed by atoms with E-state index in [1.54, 1.807) is 11.0 Å². The van der Waals surface area contributed by atoms with Crippen molar-refractivity contribution in [2.45, 2.75) is 51.6 Å². The molecule has 3 aromatic heterocycles. The first kappa shape index (κ1) is 20.4. The number of piperidine rings is 1. The number of halogens is 3. The maximum absolute atomic E-state index is 13.6. The zero-order valence-electron chi connectivity index (χ0n) is 16.8. The fraction of sp³-hybridized carbons (Fsp3) is 0.500. The van der Waals surface area contributed by atoms with E-state index in [1.807, 2.05) is 13.8 Å². The largest absolute Gasteiger partial charge is 0.417 e. The Morgan fingerprint density at radius 3 is 2.47 bits per heavy atom. The summed E-state index contributed by atoms with van der Waals surface area (Å²) >= 11 is 0. The van der Waals surface area contributed by atoms with Crippen LogP contribution in [-0.4, -0.2) is 39.2 Å². The average Bonchev–Trinajstić information content (AvgIpc) is 3.34. The van der Waals surface area contributed by atoms with Crippen molar-refractivity contribution in [2.24, 2.45) is 0 Å². The summed E-state index contributed by atoms with van der Waals surface area (Å²) in [7, 11) is 0. The summed E-state index contributed by atoms with van der Waals surface area (Å²) in [5.41, 5.74) is 0.263. The predicted molar refractivity (Wildman–Crippen MR) is 100 cm³/mol. The Bertz CT molecular complexity index is 1080. The molecular weight excluding hydrogens is 401 g/mol. The fourth-order valence-corrected chi connectivity index (χ4v) is 3.74. The lowest BCUT2D eigenvalue weighted by Crippen LogP contribution is -2.38. The normalized spacial score (nSPS) is 16.0. The molecule has 0 spiro atoms. The number of aryl methyl sites for hydroxylation is 1. The monoisotopic (exact) mass is 422 g/mol. The number of nitrogens with zero attached hydrogens (tertiary/aromatic N) is 4. The van der Waals surface area contributed by atoms with E-state index in [9.17, 15) is 18.0 Å². The van der Waals surface area contributed by atoms with Crippen molar-refractivity contribution in [3.05, 3.63) is 40.5 Å². The minimum atomic E-state index is -4.54. The molecule has 0 aliphatic carbocycles. The average molecular weight is 422 g/mol. The summed E-state index contributed by atoms with van der Waals surface area (Å²) in [6.07, 6.45) is -3.57. The van der Waals surface area contributed by atoms with Crippen molar-refractivity contribution in [2.75, 3.05) is 13.1 Å². The molecule has 0 radical (unpaired) electrons. The summed E-state index contributed by atoms with van der Waals surface area (Å²) in [6, 6.07) is 2.72. The van der Waals surface area contributed by atoms with E-state index < -0.39 is 11.7 Å². The van der Waals surface area contributed by atoms with Gasteiger partial charge in [-0.2, -0.15) is 13.2 Å². The third-order valence-electron chi connectivity index (χ3n) is 5.47. The summed E-state index contributed by atoms with van der Waals surface area (Å²) in [5, 5.41) is 7.43. The van der Waals surface area contributed by atoms with E-state index >= 15 is 0 Å². The van der Waals surface area contributed by atoms with Crippen LogP contribution in [-0.2, 0) is 6.18 Å². The van der Waals surface area contributed by atoms with Gasteiger partial charge in [-0.3, -0.25) is 4.79 Å². The Kier molecular flexibility index (Phi) is 5.03. The molecule has 1 fully saturated rings. The van der Waals surface area contributed by atoms with Crippen molar-refractivity contribution in [3.63, 3.8) is 0 Å². The molecule has 0 atom stereocenters. The highest BCUT2D eigenvalue weighted by molar-refractivity contribution is 5.91. The van der Waals surface area contributed by atoms with Crippen molar-refractivity contribution in [1.29, 1.82) is 0 Å². The van der Waals surface area contributed by atoms with E-state index in [0.717, 1.165) is 6.07 Å². The number of hydrogen-bond acceptors (Lipinski definition) is 6. The molecule has 7 nitrogen and oxygen atoms in total. The molecule has 0 N–H and O–H groups in total. The molecule has 0 bridgehead atoms. The standard InChI is InChI=1S/C20H21F3N4O3/c1-10(2)14-9-16(29-26-14)19(28)27-6-4-12(5-7-27)15-8-13(20(21,22)23)17-11(3)25-30-18(17)24-15/h8-10,12H,4-7H2,1-3H3. The zero-order chi connectivity index (χ0) is 21.6. The summed E-state index contributed by atoms with van der Waals surface area (Å²) in [5.74, 6) is -0.165. The van der Waals surface area contributed by atoms with Gasteiger partial charge in [0, 0.05) is 30.8 Å². The number of alkyl halides is 3. The zero-order valence-corrected chi connectivity index (χ0v) is 16.8. The van der Waals surface area contributed by atoms with Gasteiger partial charge < -0.3 is 13.9 Å². The Hall–Kier alpha value is -2.91. The molecule has 30 heavy (non-hydrogen) atoms. The summed E-state index contributed by atoms with van der Waals surface area (Å²) in [4.78, 5) is 18.6. The molecule has 0 unspecified atom stereocenters. The molecule has 0 aromatic carbocycles. The SMILES string of the molecule is Cc1noc2nc(C3CCN(C(=O)c4cc(C(C)C)no4)CC3)cc(C(F)(F)F)c12. The molecule has 4 rings (SSSR count). The molecule has 1 saturated heterocycles. The first-order valence-electron chi connectivity index (χ1n) is 9.75. The lowest BCUT2D eigenvalue weighted by atomic mass is 9.91. The number of hydrogen-bond donors (Lipinski definition) is 0. The first-order chi connectivity index (χ1) is 14.1. The highest BCUT2D eigenvalue weighted by Crippen LogP contribution is 2.39. The van der Waals surface area contributed by atoms with E-state index in [-0.39, 0.29) is 40.3 Å². The topological polar surface area (TPSA) is 85.3 Å². The molecule has 1 aliphatic rings. The minimum Gasteiger partial charge on any atom is -0.351 e. The first-order valence-corrected chi connectivity index (χ1v) is 9.75. The van der Waals surface area contributed by atoms with E-state index in [0.29, 0.717) is 37.3 Å². The lowest BCUT2D eigenvalue weighted by molar-refractivity contribution is -0.136. The van der Waals surface area contributed by atoms with Crippen LogP contribution < -0.4 is 0 Å². The number of rotatable bonds is 3. The number of fused-ring (bicyclic) bond motifs is 1. The number of aromatic nitrogens is 3. The molecule has 1 aliphatic heterocycles. The van der Waals surface area contributed by atoms with Crippen LogP contribution in [0.2, 0.25) is 0 Å². The highest BCUT2D eigenvalue weighted by atomic mass is 19.4. The molecule has 160 valence electrons. The van der Waals surface area contributed by atoms with Crippen LogP contribution in [0.25, 0.3) is 11.1 Å². The molecule has 10 heteroatoms. The van der Waals surface area contributed by atoms with Crippen LogP contribution in [0.4, 0.5) is 13.2 Å². The van der Waals surface area contributed by atoms with Crippen LogP contribution in [0.5, 0.6) is 0 Å². The Morgan fingerprint density at radius 1 is 1.17 bits per heavy atom. The third-order valence-corrected chi connectivity index (χ3v) is 5.47. The summed E-state index contributed by atoms with van der Waals surface area (Å²) in [6.45, 7) is 6.13. The van der Waals surface area contributed by atoms with Gasteiger partial charge in [0.15, 0.2) is 0 Å². The molecule has 0 saturated carbocycles.